The van der Waals surface area contributed by atoms with Crippen molar-refractivity contribution in [3.63, 3.8) is 0 Å². The van der Waals surface area contributed by atoms with Crippen LogP contribution < -0.4 is 10.1 Å². The Kier molecular flexibility index (Phi) is 6.67. The molecular formula is C26H21ClF3N3O2. The Morgan fingerprint density at radius 1 is 1.00 bits per heavy atom. The molecule has 0 saturated carbocycles. The lowest BCUT2D eigenvalue weighted by Crippen LogP contribution is -2.30. The molecule has 0 spiro atoms. The minimum atomic E-state index is -4.57. The van der Waals surface area contributed by atoms with E-state index in [1.807, 2.05) is 56.3 Å². The Morgan fingerprint density at radius 2 is 1.71 bits per heavy atom. The number of hydrogen-bond acceptors (Lipinski definition) is 4. The molecule has 1 amide bonds. The molecule has 35 heavy (non-hydrogen) atoms. The summed E-state index contributed by atoms with van der Waals surface area (Å²) in [4.78, 5) is 12.7. The van der Waals surface area contributed by atoms with Crippen molar-refractivity contribution in [3.05, 3.63) is 82.4 Å². The fourth-order valence-electron chi connectivity index (χ4n) is 3.61. The van der Waals surface area contributed by atoms with Gasteiger partial charge in [-0.1, -0.05) is 47.5 Å². The zero-order chi connectivity index (χ0) is 25.3. The molecular weight excluding hydrogens is 479 g/mol. The predicted octanol–water partition coefficient (Wildman–Crippen LogP) is 6.99. The Morgan fingerprint density at radius 3 is 2.43 bits per heavy atom. The van der Waals surface area contributed by atoms with Gasteiger partial charge >= 0.3 is 6.18 Å². The molecule has 5 nitrogen and oxygen atoms in total. The van der Waals surface area contributed by atoms with E-state index >= 15 is 0 Å². The summed E-state index contributed by atoms with van der Waals surface area (Å²) in [6.45, 7) is 5.44. The van der Waals surface area contributed by atoms with Crippen LogP contribution in [0.3, 0.4) is 0 Å². The first kappa shape index (κ1) is 24.5. The fourth-order valence-corrected chi connectivity index (χ4v) is 3.77. The van der Waals surface area contributed by atoms with E-state index in [1.54, 1.807) is 0 Å². The number of rotatable bonds is 5. The molecule has 0 radical (unpaired) electrons. The van der Waals surface area contributed by atoms with Crippen molar-refractivity contribution in [3.8, 4) is 17.1 Å². The van der Waals surface area contributed by atoms with E-state index in [0.29, 0.717) is 11.1 Å². The second kappa shape index (κ2) is 9.54. The van der Waals surface area contributed by atoms with Crippen LogP contribution in [0.5, 0.6) is 5.88 Å². The summed E-state index contributed by atoms with van der Waals surface area (Å²) in [6, 6.07) is 16.1. The highest BCUT2D eigenvalue weighted by Crippen LogP contribution is 2.35. The second-order valence-corrected chi connectivity index (χ2v) is 8.57. The van der Waals surface area contributed by atoms with Crippen LogP contribution in [0.1, 0.15) is 23.6 Å². The van der Waals surface area contributed by atoms with E-state index in [-0.39, 0.29) is 16.6 Å². The SMILES string of the molecule is Cc1ccc(C)c(-c2nnc(OC(C)C(=O)Nc3cc(C(F)(F)F)ccc3Cl)c3ccccc23)c1. The number of alkyl halides is 3. The van der Waals surface area contributed by atoms with Crippen molar-refractivity contribution in [1.29, 1.82) is 0 Å². The van der Waals surface area contributed by atoms with Crippen LogP contribution in [-0.2, 0) is 11.0 Å². The normalized spacial score (nSPS) is 12.4. The van der Waals surface area contributed by atoms with Crippen LogP contribution in [0.25, 0.3) is 22.0 Å². The van der Waals surface area contributed by atoms with E-state index < -0.39 is 23.8 Å². The number of nitrogens with zero attached hydrogens (tertiary/aromatic N) is 2. The van der Waals surface area contributed by atoms with E-state index in [1.165, 1.54) is 6.92 Å². The summed E-state index contributed by atoms with van der Waals surface area (Å²) in [5.74, 6) is -0.553. The van der Waals surface area contributed by atoms with E-state index in [0.717, 1.165) is 40.3 Å². The van der Waals surface area contributed by atoms with Gasteiger partial charge in [-0.2, -0.15) is 13.2 Å². The second-order valence-electron chi connectivity index (χ2n) is 8.16. The maximum absolute atomic E-state index is 13.0. The van der Waals surface area contributed by atoms with Gasteiger partial charge in [0.05, 0.1) is 16.3 Å². The Bertz CT molecular complexity index is 1420. The molecule has 4 rings (SSSR count). The summed E-state index contributed by atoms with van der Waals surface area (Å²) in [5, 5.41) is 12.4. The fraction of sp³-hybridized carbons (Fsp3) is 0.192. The lowest BCUT2D eigenvalue weighted by atomic mass is 9.99. The molecule has 1 unspecified atom stereocenters. The van der Waals surface area contributed by atoms with Gasteiger partial charge in [-0.15, -0.1) is 10.2 Å². The van der Waals surface area contributed by atoms with E-state index in [9.17, 15) is 18.0 Å². The summed E-state index contributed by atoms with van der Waals surface area (Å²) in [7, 11) is 0. The number of amides is 1. The van der Waals surface area contributed by atoms with Crippen molar-refractivity contribution in [1.82, 2.24) is 10.2 Å². The van der Waals surface area contributed by atoms with Gasteiger partial charge in [0.25, 0.3) is 5.91 Å². The maximum Gasteiger partial charge on any atom is 0.416 e. The third-order valence-electron chi connectivity index (χ3n) is 5.51. The minimum absolute atomic E-state index is 0.0262. The van der Waals surface area contributed by atoms with Crippen molar-refractivity contribution in [2.45, 2.75) is 33.1 Å². The Balaban J connectivity index is 1.62. The Labute approximate surface area is 204 Å². The molecule has 3 aromatic carbocycles. The van der Waals surface area contributed by atoms with Crippen molar-refractivity contribution in [2.75, 3.05) is 5.32 Å². The van der Waals surface area contributed by atoms with Crippen molar-refractivity contribution < 1.29 is 22.7 Å². The zero-order valence-corrected chi connectivity index (χ0v) is 19.8. The number of aromatic nitrogens is 2. The van der Waals surface area contributed by atoms with E-state index in [2.05, 4.69) is 15.5 Å². The number of carbonyl (C=O) groups excluding carboxylic acids is 1. The van der Waals surface area contributed by atoms with Gasteiger partial charge in [-0.05, 0) is 56.7 Å². The molecule has 0 fully saturated rings. The van der Waals surface area contributed by atoms with Gasteiger partial charge in [0.15, 0.2) is 6.10 Å². The minimum Gasteiger partial charge on any atom is -0.463 e. The molecule has 1 atom stereocenters. The summed E-state index contributed by atoms with van der Waals surface area (Å²) in [5.41, 5.74) is 2.64. The predicted molar refractivity (Wildman–Crippen MR) is 130 cm³/mol. The molecule has 0 aliphatic rings. The van der Waals surface area contributed by atoms with Gasteiger partial charge in [0, 0.05) is 16.3 Å². The number of benzene rings is 3. The summed E-state index contributed by atoms with van der Waals surface area (Å²) < 4.78 is 44.9. The van der Waals surface area contributed by atoms with Crippen LogP contribution in [0.4, 0.5) is 18.9 Å². The van der Waals surface area contributed by atoms with Crippen LogP contribution in [0, 0.1) is 13.8 Å². The number of carbonyl (C=O) groups is 1. The standard InChI is InChI=1S/C26H21ClF3N3O2/c1-14-8-9-15(2)20(12-14)23-18-6-4-5-7-19(18)25(33-32-23)35-16(3)24(34)31-22-13-17(26(28,29)30)10-11-21(22)27/h4-13,16H,1-3H3,(H,31,34). The average Bonchev–Trinajstić information content (AvgIpc) is 2.81. The number of nitrogens with one attached hydrogen (secondary N) is 1. The number of aryl methyl sites for hydroxylation is 2. The summed E-state index contributed by atoms with van der Waals surface area (Å²) in [6.07, 6.45) is -5.66. The van der Waals surface area contributed by atoms with Crippen LogP contribution in [0.15, 0.2) is 60.7 Å². The number of hydrogen-bond donors (Lipinski definition) is 1. The first-order valence-electron chi connectivity index (χ1n) is 10.7. The molecule has 4 aromatic rings. The number of ether oxygens (including phenoxy) is 1. The lowest BCUT2D eigenvalue weighted by Gasteiger charge is -2.17. The van der Waals surface area contributed by atoms with Gasteiger partial charge in [0.1, 0.15) is 5.69 Å². The Hall–Kier alpha value is -3.65. The van der Waals surface area contributed by atoms with Crippen LogP contribution in [-0.4, -0.2) is 22.2 Å². The molecule has 1 heterocycles. The van der Waals surface area contributed by atoms with Gasteiger partial charge in [0.2, 0.25) is 5.88 Å². The first-order chi connectivity index (χ1) is 16.5. The molecule has 1 aromatic heterocycles. The highest BCUT2D eigenvalue weighted by Gasteiger charge is 2.31. The zero-order valence-electron chi connectivity index (χ0n) is 19.1. The topological polar surface area (TPSA) is 64.1 Å². The van der Waals surface area contributed by atoms with Crippen LogP contribution >= 0.6 is 11.6 Å². The van der Waals surface area contributed by atoms with Gasteiger partial charge < -0.3 is 10.1 Å². The highest BCUT2D eigenvalue weighted by atomic mass is 35.5. The number of anilines is 1. The van der Waals surface area contributed by atoms with Crippen LogP contribution in [0.2, 0.25) is 5.02 Å². The molecule has 0 aliphatic heterocycles. The third kappa shape index (κ3) is 5.22. The highest BCUT2D eigenvalue weighted by molar-refractivity contribution is 6.33. The average molecular weight is 500 g/mol. The smallest absolute Gasteiger partial charge is 0.416 e. The quantitative estimate of drug-likeness (QED) is 0.321. The molecule has 0 bridgehead atoms. The molecule has 1 N–H and O–H groups in total. The third-order valence-corrected chi connectivity index (χ3v) is 5.84. The van der Waals surface area contributed by atoms with Gasteiger partial charge in [-0.25, -0.2) is 0 Å². The molecule has 180 valence electrons. The maximum atomic E-state index is 13.0. The monoisotopic (exact) mass is 499 g/mol. The number of halogens is 4. The van der Waals surface area contributed by atoms with E-state index in [4.69, 9.17) is 16.3 Å². The summed E-state index contributed by atoms with van der Waals surface area (Å²) >= 11 is 5.99. The first-order valence-corrected chi connectivity index (χ1v) is 11.1. The lowest BCUT2D eigenvalue weighted by molar-refractivity contribution is -0.137. The van der Waals surface area contributed by atoms with Crippen molar-refractivity contribution in [2.24, 2.45) is 0 Å². The molecule has 9 heteroatoms. The van der Waals surface area contributed by atoms with Gasteiger partial charge in [-0.3, -0.25) is 4.79 Å². The largest absolute Gasteiger partial charge is 0.463 e. The van der Waals surface area contributed by atoms with Crippen molar-refractivity contribution >= 4 is 34.0 Å². The molecule has 0 saturated heterocycles. The number of fused-ring (bicyclic) bond motifs is 1. The molecule has 0 aliphatic carbocycles.